The molecule has 0 fully saturated rings. The second kappa shape index (κ2) is 6.82. The molecule has 1 aromatic carbocycles. The van der Waals surface area contributed by atoms with E-state index in [-0.39, 0.29) is 18.7 Å². The number of alkyl halides is 3. The van der Waals surface area contributed by atoms with E-state index in [0.29, 0.717) is 0 Å². The van der Waals surface area contributed by atoms with Gasteiger partial charge in [0.15, 0.2) is 0 Å². The second-order valence-corrected chi connectivity index (χ2v) is 4.07. The number of carboxylic acid groups (broad SMARTS) is 1. The van der Waals surface area contributed by atoms with Crippen LogP contribution in [0.25, 0.3) is 0 Å². The molecule has 116 valence electrons. The number of anilines is 1. The smallest absolute Gasteiger partial charge is 0.481 e. The fraction of sp³-hybridized carbons (Fsp3) is 0.333. The van der Waals surface area contributed by atoms with Gasteiger partial charge >= 0.3 is 18.4 Å². The third-order valence-electron chi connectivity index (χ3n) is 2.35. The first-order chi connectivity index (χ1) is 9.67. The van der Waals surface area contributed by atoms with Crippen LogP contribution in [-0.2, 0) is 4.79 Å². The molecule has 0 aliphatic carbocycles. The molecular weight excluding hydrogens is 293 g/mol. The maximum atomic E-state index is 12.0. The lowest BCUT2D eigenvalue weighted by Crippen LogP contribution is -2.33. The van der Waals surface area contributed by atoms with Gasteiger partial charge in [0.05, 0.1) is 6.42 Å². The van der Waals surface area contributed by atoms with Crippen molar-refractivity contribution in [1.82, 2.24) is 4.90 Å². The van der Waals surface area contributed by atoms with Gasteiger partial charge in [-0.1, -0.05) is 0 Å². The van der Waals surface area contributed by atoms with E-state index in [1.54, 1.807) is 0 Å². The number of halogens is 3. The lowest BCUT2D eigenvalue weighted by atomic mass is 10.3. The topological polar surface area (TPSA) is 78.9 Å². The van der Waals surface area contributed by atoms with E-state index < -0.39 is 24.1 Å². The molecular formula is C12H13F3N2O4. The van der Waals surface area contributed by atoms with Crippen LogP contribution >= 0.6 is 0 Å². The molecule has 0 saturated heterocycles. The summed E-state index contributed by atoms with van der Waals surface area (Å²) in [6.07, 6.45) is -4.98. The standard InChI is InChI=1S/C12H13F3N2O4/c1-17(7-6-10(18)19)11(20)16-8-2-4-9(5-3-8)21-12(13,14)15/h2-5H,6-7H2,1H3,(H,16,20)(H,18,19). The average Bonchev–Trinajstić information content (AvgIpc) is 2.36. The maximum Gasteiger partial charge on any atom is 0.573 e. The molecule has 0 spiro atoms. The summed E-state index contributed by atoms with van der Waals surface area (Å²) in [5, 5.41) is 10.9. The Kier molecular flexibility index (Phi) is 5.39. The molecule has 0 saturated carbocycles. The van der Waals surface area contributed by atoms with Crippen molar-refractivity contribution in [2.75, 3.05) is 18.9 Å². The van der Waals surface area contributed by atoms with E-state index in [0.717, 1.165) is 17.0 Å². The van der Waals surface area contributed by atoms with Gasteiger partial charge in [-0.05, 0) is 24.3 Å². The molecule has 0 aliphatic heterocycles. The largest absolute Gasteiger partial charge is 0.573 e. The highest BCUT2D eigenvalue weighted by Gasteiger charge is 2.30. The SMILES string of the molecule is CN(CCC(=O)O)C(=O)Nc1ccc(OC(F)(F)F)cc1. The van der Waals surface area contributed by atoms with Gasteiger partial charge in [0.1, 0.15) is 5.75 Å². The molecule has 0 aliphatic rings. The Hall–Kier alpha value is -2.45. The van der Waals surface area contributed by atoms with Gasteiger partial charge in [0, 0.05) is 19.3 Å². The first-order valence-electron chi connectivity index (χ1n) is 5.77. The van der Waals surface area contributed by atoms with Crippen molar-refractivity contribution in [3.63, 3.8) is 0 Å². The molecule has 0 heterocycles. The van der Waals surface area contributed by atoms with Gasteiger partial charge in [-0.25, -0.2) is 4.79 Å². The van der Waals surface area contributed by atoms with Crippen LogP contribution in [0.1, 0.15) is 6.42 Å². The number of carbonyl (C=O) groups excluding carboxylic acids is 1. The molecule has 21 heavy (non-hydrogen) atoms. The van der Waals surface area contributed by atoms with Crippen LogP contribution < -0.4 is 10.1 Å². The molecule has 0 unspecified atom stereocenters. The fourth-order valence-corrected chi connectivity index (χ4v) is 1.32. The Morgan fingerprint density at radius 2 is 1.86 bits per heavy atom. The number of nitrogens with zero attached hydrogens (tertiary/aromatic N) is 1. The van der Waals surface area contributed by atoms with Gasteiger partial charge in [0.2, 0.25) is 0 Å². The number of ether oxygens (including phenoxy) is 1. The van der Waals surface area contributed by atoms with E-state index in [9.17, 15) is 22.8 Å². The number of nitrogens with one attached hydrogen (secondary N) is 1. The monoisotopic (exact) mass is 306 g/mol. The van der Waals surface area contributed by atoms with Gasteiger partial charge in [0.25, 0.3) is 0 Å². The third-order valence-corrected chi connectivity index (χ3v) is 2.35. The highest BCUT2D eigenvalue weighted by Crippen LogP contribution is 2.23. The summed E-state index contributed by atoms with van der Waals surface area (Å²) in [4.78, 5) is 23.2. The van der Waals surface area contributed by atoms with Crippen LogP contribution in [0.5, 0.6) is 5.75 Å². The summed E-state index contributed by atoms with van der Waals surface area (Å²) in [6.45, 7) is 0.0104. The number of hydrogen-bond acceptors (Lipinski definition) is 3. The molecule has 9 heteroatoms. The summed E-state index contributed by atoms with van der Waals surface area (Å²) in [5.41, 5.74) is 0.261. The van der Waals surface area contributed by atoms with Crippen LogP contribution in [0.15, 0.2) is 24.3 Å². The zero-order chi connectivity index (χ0) is 16.0. The van der Waals surface area contributed by atoms with Crippen LogP contribution in [0.3, 0.4) is 0 Å². The van der Waals surface area contributed by atoms with Crippen molar-refractivity contribution < 1.29 is 32.6 Å². The van der Waals surface area contributed by atoms with Crippen molar-refractivity contribution in [2.45, 2.75) is 12.8 Å². The lowest BCUT2D eigenvalue weighted by molar-refractivity contribution is -0.274. The Labute approximate surface area is 118 Å². The minimum atomic E-state index is -4.78. The van der Waals surface area contributed by atoms with Crippen molar-refractivity contribution in [1.29, 1.82) is 0 Å². The predicted molar refractivity (Wildman–Crippen MR) is 67.0 cm³/mol. The van der Waals surface area contributed by atoms with Crippen molar-refractivity contribution in [2.24, 2.45) is 0 Å². The molecule has 2 amide bonds. The number of aliphatic carboxylic acids is 1. The summed E-state index contributed by atoms with van der Waals surface area (Å²) in [7, 11) is 1.40. The van der Waals surface area contributed by atoms with Crippen molar-refractivity contribution in [3.05, 3.63) is 24.3 Å². The Morgan fingerprint density at radius 1 is 1.29 bits per heavy atom. The number of urea groups is 1. The zero-order valence-electron chi connectivity index (χ0n) is 11.0. The number of amides is 2. The van der Waals surface area contributed by atoms with E-state index in [1.165, 1.54) is 19.2 Å². The first-order valence-corrected chi connectivity index (χ1v) is 5.77. The summed E-state index contributed by atoms with van der Waals surface area (Å²) >= 11 is 0. The molecule has 6 nitrogen and oxygen atoms in total. The molecule has 2 N–H and O–H groups in total. The quantitative estimate of drug-likeness (QED) is 0.876. The maximum absolute atomic E-state index is 12.0. The lowest BCUT2D eigenvalue weighted by Gasteiger charge is -2.17. The van der Waals surface area contributed by atoms with Crippen LogP contribution in [0, 0.1) is 0 Å². The van der Waals surface area contributed by atoms with Crippen LogP contribution in [-0.4, -0.2) is 42.0 Å². The highest BCUT2D eigenvalue weighted by atomic mass is 19.4. The molecule has 0 aromatic heterocycles. The zero-order valence-corrected chi connectivity index (χ0v) is 11.0. The minimum Gasteiger partial charge on any atom is -0.481 e. The molecule has 1 rings (SSSR count). The van der Waals surface area contributed by atoms with Gasteiger partial charge in [-0.3, -0.25) is 4.79 Å². The van der Waals surface area contributed by atoms with Crippen LogP contribution in [0.2, 0.25) is 0 Å². The second-order valence-electron chi connectivity index (χ2n) is 4.07. The van der Waals surface area contributed by atoms with E-state index in [4.69, 9.17) is 5.11 Å². The summed E-state index contributed by atoms with van der Waals surface area (Å²) in [6, 6.07) is 4.02. The van der Waals surface area contributed by atoms with E-state index in [1.807, 2.05) is 0 Å². The normalized spacial score (nSPS) is 10.9. The van der Waals surface area contributed by atoms with Gasteiger partial charge < -0.3 is 20.1 Å². The van der Waals surface area contributed by atoms with Gasteiger partial charge in [-0.15, -0.1) is 13.2 Å². The van der Waals surface area contributed by atoms with E-state index in [2.05, 4.69) is 10.1 Å². The minimum absolute atomic E-state index is 0.0104. The molecule has 0 bridgehead atoms. The number of rotatable bonds is 5. The first kappa shape index (κ1) is 16.6. The number of hydrogen-bond donors (Lipinski definition) is 2. The highest BCUT2D eigenvalue weighted by molar-refractivity contribution is 5.89. The fourth-order valence-electron chi connectivity index (χ4n) is 1.32. The Morgan fingerprint density at radius 3 is 2.33 bits per heavy atom. The summed E-state index contributed by atoms with van der Waals surface area (Å²) in [5.74, 6) is -1.44. The van der Waals surface area contributed by atoms with E-state index >= 15 is 0 Å². The molecule has 0 atom stereocenters. The Balaban J connectivity index is 2.55. The average molecular weight is 306 g/mol. The number of carboxylic acids is 1. The third kappa shape index (κ3) is 6.50. The summed E-state index contributed by atoms with van der Waals surface area (Å²) < 4.78 is 39.6. The van der Waals surface area contributed by atoms with Crippen molar-refractivity contribution >= 4 is 17.7 Å². The Bertz CT molecular complexity index is 502. The number of benzene rings is 1. The number of carbonyl (C=O) groups is 2. The molecule has 0 radical (unpaired) electrons. The molecule has 1 aromatic rings. The van der Waals surface area contributed by atoms with Crippen molar-refractivity contribution in [3.8, 4) is 5.75 Å². The van der Waals surface area contributed by atoms with Gasteiger partial charge in [-0.2, -0.15) is 0 Å². The van der Waals surface area contributed by atoms with Crippen LogP contribution in [0.4, 0.5) is 23.7 Å². The predicted octanol–water partition coefficient (Wildman–Crippen LogP) is 2.52.